The second kappa shape index (κ2) is 5.16. The van der Waals surface area contributed by atoms with Crippen LogP contribution in [0.5, 0.6) is 0 Å². The fourth-order valence-corrected chi connectivity index (χ4v) is 1.43. The monoisotopic (exact) mass is 215 g/mol. The van der Waals surface area contributed by atoms with Crippen molar-refractivity contribution >= 4 is 5.97 Å². The predicted molar refractivity (Wildman–Crippen MR) is 60.7 cm³/mol. The Balaban J connectivity index is 1.81. The van der Waals surface area contributed by atoms with Crippen molar-refractivity contribution in [1.82, 2.24) is 4.98 Å². The smallest absolute Gasteiger partial charge is 0.310 e. The molecule has 2 rings (SSSR count). The van der Waals surface area contributed by atoms with Gasteiger partial charge in [0, 0.05) is 6.20 Å². The van der Waals surface area contributed by atoms with Gasteiger partial charge in [0.2, 0.25) is 0 Å². The topological polar surface area (TPSA) is 42.1 Å². The zero-order valence-corrected chi connectivity index (χ0v) is 8.85. The van der Waals surface area contributed by atoms with E-state index in [1.807, 2.05) is 42.5 Å². The number of aromatic amines is 1. The average Bonchev–Trinajstić information content (AvgIpc) is 2.81. The van der Waals surface area contributed by atoms with Gasteiger partial charge in [0.05, 0.1) is 12.1 Å². The highest BCUT2D eigenvalue weighted by molar-refractivity contribution is 5.72. The summed E-state index contributed by atoms with van der Waals surface area (Å²) >= 11 is 0. The standard InChI is InChI=1S/C13H13NO2/c15-13(9-11-5-2-1-3-6-11)16-10-12-7-4-8-14-12/h1-8,14H,9-10H2. The Hall–Kier alpha value is -2.03. The van der Waals surface area contributed by atoms with Gasteiger partial charge < -0.3 is 9.72 Å². The van der Waals surface area contributed by atoms with Gasteiger partial charge in [0.1, 0.15) is 6.61 Å². The molecule has 1 N–H and O–H groups in total. The van der Waals surface area contributed by atoms with Crippen LogP contribution in [0.3, 0.4) is 0 Å². The van der Waals surface area contributed by atoms with E-state index in [1.165, 1.54) is 0 Å². The van der Waals surface area contributed by atoms with Crippen LogP contribution in [-0.2, 0) is 22.6 Å². The second-order valence-corrected chi connectivity index (χ2v) is 3.52. The molecule has 1 heterocycles. The number of H-pyrrole nitrogens is 1. The van der Waals surface area contributed by atoms with Crippen molar-refractivity contribution in [3.05, 3.63) is 59.9 Å². The molecule has 16 heavy (non-hydrogen) atoms. The molecule has 0 aliphatic heterocycles. The maximum Gasteiger partial charge on any atom is 0.310 e. The molecule has 3 heteroatoms. The van der Waals surface area contributed by atoms with Crippen LogP contribution in [0.25, 0.3) is 0 Å². The van der Waals surface area contributed by atoms with Crippen molar-refractivity contribution in [3.63, 3.8) is 0 Å². The van der Waals surface area contributed by atoms with E-state index in [4.69, 9.17) is 4.74 Å². The van der Waals surface area contributed by atoms with Gasteiger partial charge in [-0.25, -0.2) is 0 Å². The van der Waals surface area contributed by atoms with Crippen molar-refractivity contribution in [2.45, 2.75) is 13.0 Å². The third kappa shape index (κ3) is 2.98. The quantitative estimate of drug-likeness (QED) is 0.795. The number of nitrogens with one attached hydrogen (secondary N) is 1. The van der Waals surface area contributed by atoms with Gasteiger partial charge in [-0.15, -0.1) is 0 Å². The lowest BCUT2D eigenvalue weighted by Crippen LogP contribution is -2.07. The molecule has 2 aromatic rings. The molecule has 0 atom stereocenters. The van der Waals surface area contributed by atoms with Gasteiger partial charge in [0.25, 0.3) is 0 Å². The maximum absolute atomic E-state index is 11.5. The molecule has 1 aromatic carbocycles. The summed E-state index contributed by atoms with van der Waals surface area (Å²) in [4.78, 5) is 14.5. The van der Waals surface area contributed by atoms with Crippen LogP contribution in [0.2, 0.25) is 0 Å². The third-order valence-electron chi connectivity index (χ3n) is 2.24. The number of benzene rings is 1. The Labute approximate surface area is 94.1 Å². The Bertz CT molecular complexity index is 434. The van der Waals surface area contributed by atoms with Gasteiger partial charge in [-0.05, 0) is 17.7 Å². The van der Waals surface area contributed by atoms with E-state index in [9.17, 15) is 4.79 Å². The molecule has 0 saturated carbocycles. The largest absolute Gasteiger partial charge is 0.459 e. The first-order chi connectivity index (χ1) is 7.84. The number of ether oxygens (including phenoxy) is 1. The highest BCUT2D eigenvalue weighted by atomic mass is 16.5. The molecular formula is C13H13NO2. The zero-order chi connectivity index (χ0) is 11.2. The van der Waals surface area contributed by atoms with E-state index >= 15 is 0 Å². The molecule has 0 saturated heterocycles. The molecule has 3 nitrogen and oxygen atoms in total. The summed E-state index contributed by atoms with van der Waals surface area (Å²) in [6.07, 6.45) is 2.13. The first-order valence-electron chi connectivity index (χ1n) is 5.16. The van der Waals surface area contributed by atoms with Crippen molar-refractivity contribution < 1.29 is 9.53 Å². The normalized spacial score (nSPS) is 10.0. The zero-order valence-electron chi connectivity index (χ0n) is 8.85. The number of carbonyl (C=O) groups is 1. The van der Waals surface area contributed by atoms with Crippen LogP contribution in [0, 0.1) is 0 Å². The summed E-state index contributed by atoms with van der Waals surface area (Å²) in [7, 11) is 0. The van der Waals surface area contributed by atoms with Gasteiger partial charge >= 0.3 is 5.97 Å². The summed E-state index contributed by atoms with van der Waals surface area (Å²) in [5, 5.41) is 0. The molecule has 0 fully saturated rings. The van der Waals surface area contributed by atoms with E-state index in [-0.39, 0.29) is 5.97 Å². The highest BCUT2D eigenvalue weighted by Gasteiger charge is 2.04. The van der Waals surface area contributed by atoms with Crippen molar-refractivity contribution in [1.29, 1.82) is 0 Å². The number of hydrogen-bond acceptors (Lipinski definition) is 2. The van der Waals surface area contributed by atoms with Gasteiger partial charge in [0.15, 0.2) is 0 Å². The summed E-state index contributed by atoms with van der Waals surface area (Å²) < 4.78 is 5.12. The van der Waals surface area contributed by atoms with Crippen molar-refractivity contribution in [2.75, 3.05) is 0 Å². The van der Waals surface area contributed by atoms with Crippen LogP contribution in [-0.4, -0.2) is 11.0 Å². The maximum atomic E-state index is 11.5. The Morgan fingerprint density at radius 2 is 1.94 bits per heavy atom. The Kier molecular flexibility index (Phi) is 3.38. The first kappa shape index (κ1) is 10.5. The number of esters is 1. The van der Waals surface area contributed by atoms with Gasteiger partial charge in [-0.1, -0.05) is 30.3 Å². The fraction of sp³-hybridized carbons (Fsp3) is 0.154. The minimum atomic E-state index is -0.208. The van der Waals surface area contributed by atoms with Gasteiger partial charge in [-0.2, -0.15) is 0 Å². The van der Waals surface area contributed by atoms with Crippen LogP contribution in [0.15, 0.2) is 48.7 Å². The fourth-order valence-electron chi connectivity index (χ4n) is 1.43. The lowest BCUT2D eigenvalue weighted by Gasteiger charge is -2.03. The third-order valence-corrected chi connectivity index (χ3v) is 2.24. The molecule has 1 aromatic heterocycles. The van der Waals surface area contributed by atoms with E-state index < -0.39 is 0 Å². The van der Waals surface area contributed by atoms with Crippen molar-refractivity contribution in [3.8, 4) is 0 Å². The average molecular weight is 215 g/mol. The van der Waals surface area contributed by atoms with Crippen molar-refractivity contribution in [2.24, 2.45) is 0 Å². The number of rotatable bonds is 4. The first-order valence-corrected chi connectivity index (χ1v) is 5.16. The number of carbonyl (C=O) groups excluding carboxylic acids is 1. The van der Waals surface area contributed by atoms with Crippen LogP contribution >= 0.6 is 0 Å². The van der Waals surface area contributed by atoms with E-state index in [1.54, 1.807) is 6.20 Å². The van der Waals surface area contributed by atoms with E-state index in [2.05, 4.69) is 4.98 Å². The molecule has 0 amide bonds. The lowest BCUT2D eigenvalue weighted by atomic mass is 10.2. The number of aromatic nitrogens is 1. The predicted octanol–water partition coefficient (Wildman–Crippen LogP) is 2.30. The molecule has 0 aliphatic carbocycles. The lowest BCUT2D eigenvalue weighted by molar-refractivity contribution is -0.144. The molecule has 0 bridgehead atoms. The second-order valence-electron chi connectivity index (χ2n) is 3.52. The summed E-state index contributed by atoms with van der Waals surface area (Å²) in [5.74, 6) is -0.208. The van der Waals surface area contributed by atoms with Crippen LogP contribution in [0.1, 0.15) is 11.3 Å². The minimum absolute atomic E-state index is 0.208. The molecule has 82 valence electrons. The highest BCUT2D eigenvalue weighted by Crippen LogP contribution is 2.03. The Morgan fingerprint density at radius 3 is 2.62 bits per heavy atom. The molecule has 0 unspecified atom stereocenters. The van der Waals surface area contributed by atoms with E-state index in [0.717, 1.165) is 11.3 Å². The number of hydrogen-bond donors (Lipinski definition) is 1. The molecule has 0 radical (unpaired) electrons. The van der Waals surface area contributed by atoms with Gasteiger partial charge in [-0.3, -0.25) is 4.79 Å². The summed E-state index contributed by atoms with van der Waals surface area (Å²) in [6.45, 7) is 0.304. The minimum Gasteiger partial charge on any atom is -0.459 e. The van der Waals surface area contributed by atoms with E-state index in [0.29, 0.717) is 13.0 Å². The van der Waals surface area contributed by atoms with Crippen LogP contribution < -0.4 is 0 Å². The van der Waals surface area contributed by atoms with Crippen LogP contribution in [0.4, 0.5) is 0 Å². The molecule has 0 spiro atoms. The molecule has 0 aliphatic rings. The SMILES string of the molecule is O=C(Cc1ccccc1)OCc1ccc[nH]1. The summed E-state index contributed by atoms with van der Waals surface area (Å²) in [6, 6.07) is 13.3. The Morgan fingerprint density at radius 1 is 1.12 bits per heavy atom. The summed E-state index contributed by atoms with van der Waals surface area (Å²) in [5.41, 5.74) is 1.88. The molecular weight excluding hydrogens is 202 g/mol.